The van der Waals surface area contributed by atoms with Crippen LogP contribution in [0.25, 0.3) is 5.65 Å². The smallest absolute Gasteiger partial charge is 0.213 e. The zero-order valence-electron chi connectivity index (χ0n) is 12.0. The third-order valence-corrected chi connectivity index (χ3v) is 4.57. The molecule has 0 N–H and O–H groups in total. The molecule has 0 radical (unpaired) electrons. The normalized spacial score (nSPS) is 18.0. The highest BCUT2D eigenvalue weighted by molar-refractivity contribution is 9.10. The maximum atomic E-state index is 14.1. The topological polar surface area (TPSA) is 46.3 Å². The Bertz CT molecular complexity index is 881. The summed E-state index contributed by atoms with van der Waals surface area (Å²) in [5.74, 6) is -0.461. The second-order valence-corrected chi connectivity index (χ2v) is 6.25. The van der Waals surface area contributed by atoms with Crippen LogP contribution in [0.1, 0.15) is 24.6 Å². The standard InChI is InChI=1S/C15H12BrF2N5/c16-9-8-19-23-7-5-13(21-15(9)23)22-6-1-2-11(22)14-10(17)3-4-12(18)20-14/h3-5,7-8,11H,1-2,6H2. The molecule has 1 aliphatic rings. The minimum Gasteiger partial charge on any atom is -0.348 e. The van der Waals surface area contributed by atoms with Crippen molar-refractivity contribution in [3.05, 3.63) is 52.5 Å². The molecule has 23 heavy (non-hydrogen) atoms. The Kier molecular flexibility index (Phi) is 3.48. The van der Waals surface area contributed by atoms with Crippen LogP contribution < -0.4 is 4.90 Å². The first-order valence-electron chi connectivity index (χ1n) is 7.22. The fourth-order valence-electron chi connectivity index (χ4n) is 2.98. The third kappa shape index (κ3) is 2.46. The molecule has 0 bridgehead atoms. The summed E-state index contributed by atoms with van der Waals surface area (Å²) in [7, 11) is 0. The Morgan fingerprint density at radius 1 is 1.17 bits per heavy atom. The average molecular weight is 380 g/mol. The number of rotatable bonds is 2. The number of fused-ring (bicyclic) bond motifs is 1. The molecule has 1 atom stereocenters. The maximum Gasteiger partial charge on any atom is 0.213 e. The van der Waals surface area contributed by atoms with Crippen molar-refractivity contribution >= 4 is 27.4 Å². The van der Waals surface area contributed by atoms with Gasteiger partial charge in [0.1, 0.15) is 17.3 Å². The molecular weight excluding hydrogens is 368 g/mol. The molecule has 0 amide bonds. The molecular formula is C15H12BrF2N5. The van der Waals surface area contributed by atoms with Gasteiger partial charge in [0.2, 0.25) is 5.95 Å². The van der Waals surface area contributed by atoms with Gasteiger partial charge in [-0.05, 0) is 47.0 Å². The highest BCUT2D eigenvalue weighted by atomic mass is 79.9. The monoisotopic (exact) mass is 379 g/mol. The van der Waals surface area contributed by atoms with Crippen LogP contribution in [0.5, 0.6) is 0 Å². The van der Waals surface area contributed by atoms with E-state index in [4.69, 9.17) is 0 Å². The lowest BCUT2D eigenvalue weighted by molar-refractivity contribution is 0.518. The summed E-state index contributed by atoms with van der Waals surface area (Å²) in [5.41, 5.74) is 0.817. The number of halogens is 3. The molecule has 5 nitrogen and oxygen atoms in total. The molecule has 8 heteroatoms. The van der Waals surface area contributed by atoms with E-state index in [1.807, 2.05) is 11.0 Å². The van der Waals surface area contributed by atoms with Gasteiger partial charge in [-0.2, -0.15) is 9.49 Å². The van der Waals surface area contributed by atoms with Crippen molar-refractivity contribution in [3.63, 3.8) is 0 Å². The summed E-state index contributed by atoms with van der Waals surface area (Å²) in [6.45, 7) is 0.719. The Morgan fingerprint density at radius 3 is 2.91 bits per heavy atom. The van der Waals surface area contributed by atoms with Gasteiger partial charge in [-0.1, -0.05) is 0 Å². The zero-order chi connectivity index (χ0) is 16.0. The van der Waals surface area contributed by atoms with Gasteiger partial charge in [0.15, 0.2) is 5.65 Å². The van der Waals surface area contributed by atoms with Gasteiger partial charge in [0.25, 0.3) is 0 Å². The van der Waals surface area contributed by atoms with Crippen molar-refractivity contribution in [3.8, 4) is 0 Å². The summed E-state index contributed by atoms with van der Waals surface area (Å²) < 4.78 is 29.9. The van der Waals surface area contributed by atoms with Gasteiger partial charge in [0.05, 0.1) is 16.7 Å². The van der Waals surface area contributed by atoms with E-state index in [-0.39, 0.29) is 11.7 Å². The van der Waals surface area contributed by atoms with Crippen LogP contribution in [0.4, 0.5) is 14.6 Å². The van der Waals surface area contributed by atoms with E-state index in [1.165, 1.54) is 0 Å². The minimum absolute atomic E-state index is 0.136. The van der Waals surface area contributed by atoms with Gasteiger partial charge in [0, 0.05) is 12.7 Å². The number of hydrogen-bond donors (Lipinski definition) is 0. The number of hydrogen-bond acceptors (Lipinski definition) is 4. The summed E-state index contributed by atoms with van der Waals surface area (Å²) in [6, 6.07) is 3.66. The molecule has 1 saturated heterocycles. The van der Waals surface area contributed by atoms with E-state index in [2.05, 4.69) is 31.0 Å². The van der Waals surface area contributed by atoms with Gasteiger partial charge in [-0.3, -0.25) is 0 Å². The Balaban J connectivity index is 1.76. The lowest BCUT2D eigenvalue weighted by Crippen LogP contribution is -2.25. The van der Waals surface area contributed by atoms with Crippen molar-refractivity contribution in [2.24, 2.45) is 0 Å². The van der Waals surface area contributed by atoms with Crippen LogP contribution in [-0.4, -0.2) is 26.1 Å². The Labute approximate surface area is 139 Å². The minimum atomic E-state index is -0.671. The van der Waals surface area contributed by atoms with E-state index in [1.54, 1.807) is 16.9 Å². The van der Waals surface area contributed by atoms with E-state index < -0.39 is 11.8 Å². The molecule has 3 aromatic heterocycles. The van der Waals surface area contributed by atoms with E-state index in [0.29, 0.717) is 17.9 Å². The van der Waals surface area contributed by atoms with Gasteiger partial charge < -0.3 is 4.90 Å². The Hall–Kier alpha value is -2.09. The predicted octanol–water partition coefficient (Wildman–Crippen LogP) is 3.51. The first-order chi connectivity index (χ1) is 11.1. The predicted molar refractivity (Wildman–Crippen MR) is 84.2 cm³/mol. The lowest BCUT2D eigenvalue weighted by Gasteiger charge is -2.25. The van der Waals surface area contributed by atoms with Crippen molar-refractivity contribution in [2.45, 2.75) is 18.9 Å². The van der Waals surface area contributed by atoms with Gasteiger partial charge in [-0.25, -0.2) is 18.9 Å². The molecule has 118 valence electrons. The van der Waals surface area contributed by atoms with Crippen molar-refractivity contribution in [1.82, 2.24) is 19.6 Å². The molecule has 3 aromatic rings. The summed E-state index contributed by atoms with van der Waals surface area (Å²) in [6.07, 6.45) is 5.05. The quantitative estimate of drug-likeness (QED) is 0.639. The largest absolute Gasteiger partial charge is 0.348 e. The van der Waals surface area contributed by atoms with Crippen LogP contribution in [0.3, 0.4) is 0 Å². The molecule has 1 unspecified atom stereocenters. The first kappa shape index (κ1) is 14.5. The molecule has 1 fully saturated rings. The van der Waals surface area contributed by atoms with Crippen LogP contribution in [0.2, 0.25) is 0 Å². The molecule has 4 rings (SSSR count). The third-order valence-electron chi connectivity index (χ3n) is 4.01. The number of aromatic nitrogens is 4. The van der Waals surface area contributed by atoms with Gasteiger partial charge in [-0.15, -0.1) is 0 Å². The lowest BCUT2D eigenvalue weighted by atomic mass is 10.1. The molecule has 0 aromatic carbocycles. The van der Waals surface area contributed by atoms with Crippen LogP contribution in [-0.2, 0) is 0 Å². The molecule has 1 aliphatic heterocycles. The van der Waals surface area contributed by atoms with Crippen molar-refractivity contribution < 1.29 is 8.78 Å². The van der Waals surface area contributed by atoms with E-state index >= 15 is 0 Å². The molecule has 0 aliphatic carbocycles. The number of pyridine rings is 1. The highest BCUT2D eigenvalue weighted by Crippen LogP contribution is 2.35. The van der Waals surface area contributed by atoms with Crippen molar-refractivity contribution in [2.75, 3.05) is 11.4 Å². The van der Waals surface area contributed by atoms with E-state index in [9.17, 15) is 8.78 Å². The SMILES string of the molecule is Fc1ccc(F)c(C2CCCN2c2ccn3ncc(Br)c3n2)n1. The van der Waals surface area contributed by atoms with Crippen LogP contribution >= 0.6 is 15.9 Å². The highest BCUT2D eigenvalue weighted by Gasteiger charge is 2.31. The average Bonchev–Trinajstić information content (AvgIpc) is 3.17. The summed E-state index contributed by atoms with van der Waals surface area (Å²) in [5, 5.41) is 4.16. The molecule has 0 saturated carbocycles. The second-order valence-electron chi connectivity index (χ2n) is 5.40. The van der Waals surface area contributed by atoms with Crippen molar-refractivity contribution in [1.29, 1.82) is 0 Å². The maximum absolute atomic E-state index is 14.1. The fraction of sp³-hybridized carbons (Fsp3) is 0.267. The van der Waals surface area contributed by atoms with Crippen LogP contribution in [0, 0.1) is 11.8 Å². The second kappa shape index (κ2) is 5.52. The molecule has 4 heterocycles. The fourth-order valence-corrected chi connectivity index (χ4v) is 3.35. The van der Waals surface area contributed by atoms with Crippen LogP contribution in [0.15, 0.2) is 35.1 Å². The number of nitrogens with zero attached hydrogens (tertiary/aromatic N) is 5. The Morgan fingerprint density at radius 2 is 2.04 bits per heavy atom. The van der Waals surface area contributed by atoms with Gasteiger partial charge >= 0.3 is 0 Å². The number of anilines is 1. The summed E-state index contributed by atoms with van der Waals surface area (Å²) in [4.78, 5) is 10.3. The first-order valence-corrected chi connectivity index (χ1v) is 8.01. The summed E-state index contributed by atoms with van der Waals surface area (Å²) >= 11 is 3.40. The zero-order valence-corrected chi connectivity index (χ0v) is 13.5. The van der Waals surface area contributed by atoms with E-state index in [0.717, 1.165) is 29.6 Å². The molecule has 0 spiro atoms.